The minimum absolute atomic E-state index is 0.0852. The molecule has 4 heterocycles. The molecule has 3 aromatic heterocycles. The zero-order valence-corrected chi connectivity index (χ0v) is 20.2. The first-order valence-corrected chi connectivity index (χ1v) is 13.2. The van der Waals surface area contributed by atoms with E-state index in [4.69, 9.17) is 0 Å². The number of piperidine rings is 1. The lowest BCUT2D eigenvalue weighted by atomic mass is 9.91. The van der Waals surface area contributed by atoms with E-state index in [0.29, 0.717) is 31.5 Å². The number of hydrogen-bond acceptors (Lipinski definition) is 7. The molecule has 1 aliphatic heterocycles. The number of aromatic amines is 1. The number of halogens is 3. The molecule has 36 heavy (non-hydrogen) atoms. The van der Waals surface area contributed by atoms with E-state index in [1.165, 1.54) is 12.4 Å². The maximum absolute atomic E-state index is 13.2. The average molecular weight is 520 g/mol. The van der Waals surface area contributed by atoms with Gasteiger partial charge in [-0.05, 0) is 44.6 Å². The van der Waals surface area contributed by atoms with Crippen molar-refractivity contribution in [3.63, 3.8) is 0 Å². The van der Waals surface area contributed by atoms with Crippen molar-refractivity contribution in [1.29, 1.82) is 5.26 Å². The zero-order chi connectivity index (χ0) is 25.7. The van der Waals surface area contributed by atoms with Crippen LogP contribution >= 0.6 is 0 Å². The van der Waals surface area contributed by atoms with Crippen LogP contribution in [0.15, 0.2) is 24.7 Å². The van der Waals surface area contributed by atoms with Gasteiger partial charge < -0.3 is 10.3 Å². The molecule has 0 spiro atoms. The quantitative estimate of drug-likeness (QED) is 0.505. The number of rotatable bonds is 6. The van der Waals surface area contributed by atoms with Crippen LogP contribution in [0.1, 0.15) is 43.7 Å². The van der Waals surface area contributed by atoms with E-state index >= 15 is 0 Å². The highest BCUT2D eigenvalue weighted by Gasteiger charge is 2.41. The highest BCUT2D eigenvalue weighted by atomic mass is 32.2. The van der Waals surface area contributed by atoms with E-state index in [1.54, 1.807) is 4.31 Å². The molecule has 1 aliphatic carbocycles. The second kappa shape index (κ2) is 9.01. The largest absolute Gasteiger partial charge is 0.417 e. The van der Waals surface area contributed by atoms with Gasteiger partial charge in [-0.1, -0.05) is 0 Å². The van der Waals surface area contributed by atoms with Gasteiger partial charge in [-0.25, -0.2) is 27.7 Å². The van der Waals surface area contributed by atoms with Crippen molar-refractivity contribution < 1.29 is 21.6 Å². The summed E-state index contributed by atoms with van der Waals surface area (Å²) in [6, 6.07) is 2.90. The molecule has 0 bridgehead atoms. The monoisotopic (exact) mass is 519 g/mol. The summed E-state index contributed by atoms with van der Waals surface area (Å²) < 4.78 is 66.3. The number of anilines is 1. The lowest BCUT2D eigenvalue weighted by Crippen LogP contribution is -2.43. The van der Waals surface area contributed by atoms with Gasteiger partial charge in [0.25, 0.3) is 0 Å². The summed E-state index contributed by atoms with van der Waals surface area (Å²) in [5.41, 5.74) is -0.0245. The summed E-state index contributed by atoms with van der Waals surface area (Å²) in [5, 5.41) is 12.8. The molecule has 1 saturated heterocycles. The maximum Gasteiger partial charge on any atom is 0.417 e. The standard InChI is InChI=1S/C23H24F3N7O2S/c1-13(14-4-6-33(7-5-14)36(34,35)17-2-3-17)31-22-30-10-15(9-27)20(32-22)19-12-29-21-18(19)8-16(11-28-21)23(24,25)26/h8,10-14,17H,2-7H2,1H3,(H,28,29)(H,30,31,32). The Morgan fingerprint density at radius 2 is 1.92 bits per heavy atom. The number of nitriles is 1. The molecule has 2 aliphatic rings. The van der Waals surface area contributed by atoms with Crippen LogP contribution in [-0.4, -0.2) is 57.0 Å². The lowest BCUT2D eigenvalue weighted by molar-refractivity contribution is -0.137. The van der Waals surface area contributed by atoms with E-state index in [2.05, 4.69) is 25.3 Å². The summed E-state index contributed by atoms with van der Waals surface area (Å²) >= 11 is 0. The Kier molecular flexibility index (Phi) is 6.12. The van der Waals surface area contributed by atoms with Crippen LogP contribution in [0.4, 0.5) is 19.1 Å². The van der Waals surface area contributed by atoms with Crippen LogP contribution in [0.3, 0.4) is 0 Å². The first kappa shape index (κ1) is 24.5. The fourth-order valence-corrected chi connectivity index (χ4v) is 6.49. The van der Waals surface area contributed by atoms with Gasteiger partial charge in [0.2, 0.25) is 16.0 Å². The van der Waals surface area contributed by atoms with Crippen molar-refractivity contribution >= 4 is 27.0 Å². The van der Waals surface area contributed by atoms with Crippen molar-refractivity contribution in [2.75, 3.05) is 18.4 Å². The van der Waals surface area contributed by atoms with Gasteiger partial charge in [-0.15, -0.1) is 0 Å². The molecule has 3 aromatic rings. The zero-order valence-electron chi connectivity index (χ0n) is 19.4. The second-order valence-corrected chi connectivity index (χ2v) is 11.5. The molecule has 0 aromatic carbocycles. The number of nitrogens with zero attached hydrogens (tertiary/aromatic N) is 5. The second-order valence-electron chi connectivity index (χ2n) is 9.30. The number of pyridine rings is 1. The van der Waals surface area contributed by atoms with Gasteiger partial charge in [-0.2, -0.15) is 18.4 Å². The van der Waals surface area contributed by atoms with Crippen LogP contribution in [0.5, 0.6) is 0 Å². The maximum atomic E-state index is 13.2. The molecular formula is C23H24F3N7O2S. The molecule has 2 N–H and O–H groups in total. The van der Waals surface area contributed by atoms with Crippen LogP contribution in [-0.2, 0) is 16.2 Å². The number of hydrogen-bond donors (Lipinski definition) is 2. The molecule has 190 valence electrons. The SMILES string of the molecule is CC(Nc1ncc(C#N)c(-c2c[nH]c3ncc(C(F)(F)F)cc23)n1)C1CCN(S(=O)(=O)C2CC2)CC1. The van der Waals surface area contributed by atoms with Gasteiger partial charge in [0, 0.05) is 42.5 Å². The minimum Gasteiger partial charge on any atom is -0.351 e. The Labute approximate surface area is 205 Å². The first-order valence-electron chi connectivity index (χ1n) is 11.6. The van der Waals surface area contributed by atoms with Crippen LogP contribution < -0.4 is 5.32 Å². The summed E-state index contributed by atoms with van der Waals surface area (Å²) in [6.07, 6.45) is 1.87. The van der Waals surface area contributed by atoms with Gasteiger partial charge in [0.05, 0.1) is 28.3 Å². The molecule has 13 heteroatoms. The third kappa shape index (κ3) is 4.62. The summed E-state index contributed by atoms with van der Waals surface area (Å²) in [6.45, 7) is 2.90. The van der Waals surface area contributed by atoms with E-state index in [0.717, 1.165) is 25.1 Å². The Bertz CT molecular complexity index is 1440. The van der Waals surface area contributed by atoms with Crippen LogP contribution in [0.25, 0.3) is 22.3 Å². The molecular weight excluding hydrogens is 495 g/mol. The van der Waals surface area contributed by atoms with Gasteiger partial charge in [0.1, 0.15) is 11.7 Å². The minimum atomic E-state index is -4.56. The van der Waals surface area contributed by atoms with Gasteiger partial charge in [0.15, 0.2) is 0 Å². The van der Waals surface area contributed by atoms with Gasteiger partial charge >= 0.3 is 6.18 Å². The Hall–Kier alpha value is -3.24. The molecule has 5 rings (SSSR count). The average Bonchev–Trinajstić information content (AvgIpc) is 3.64. The van der Waals surface area contributed by atoms with Crippen molar-refractivity contribution in [2.24, 2.45) is 5.92 Å². The van der Waals surface area contributed by atoms with E-state index < -0.39 is 21.8 Å². The van der Waals surface area contributed by atoms with E-state index in [1.807, 2.05) is 13.0 Å². The van der Waals surface area contributed by atoms with Crippen LogP contribution in [0, 0.1) is 17.2 Å². The van der Waals surface area contributed by atoms with Crippen molar-refractivity contribution in [2.45, 2.75) is 50.1 Å². The van der Waals surface area contributed by atoms with E-state index in [9.17, 15) is 26.9 Å². The molecule has 1 saturated carbocycles. The lowest BCUT2D eigenvalue weighted by Gasteiger charge is -2.34. The van der Waals surface area contributed by atoms with Crippen LogP contribution in [0.2, 0.25) is 0 Å². The molecule has 9 nitrogen and oxygen atoms in total. The predicted molar refractivity (Wildman–Crippen MR) is 126 cm³/mol. The number of sulfonamides is 1. The third-order valence-corrected chi connectivity index (χ3v) is 9.29. The molecule has 1 unspecified atom stereocenters. The van der Waals surface area contributed by atoms with Crippen molar-refractivity contribution in [1.82, 2.24) is 24.2 Å². The fraction of sp³-hybridized carbons (Fsp3) is 0.478. The van der Waals surface area contributed by atoms with Gasteiger partial charge in [-0.3, -0.25) is 0 Å². The van der Waals surface area contributed by atoms with Crippen molar-refractivity contribution in [3.05, 3.63) is 35.8 Å². The van der Waals surface area contributed by atoms with E-state index in [-0.39, 0.29) is 45.4 Å². The highest BCUT2D eigenvalue weighted by molar-refractivity contribution is 7.90. The summed E-state index contributed by atoms with van der Waals surface area (Å²) in [7, 11) is -3.19. The summed E-state index contributed by atoms with van der Waals surface area (Å²) in [5.74, 6) is 0.420. The fourth-order valence-electron chi connectivity index (χ4n) is 4.62. The Morgan fingerprint density at radius 3 is 2.56 bits per heavy atom. The van der Waals surface area contributed by atoms with Crippen molar-refractivity contribution in [3.8, 4) is 17.3 Å². The molecule has 2 fully saturated rings. The number of alkyl halides is 3. The normalized spacial score (nSPS) is 18.8. The smallest absolute Gasteiger partial charge is 0.351 e. The highest BCUT2D eigenvalue weighted by Crippen LogP contribution is 2.36. The predicted octanol–water partition coefficient (Wildman–Crippen LogP) is 3.91. The third-order valence-electron chi connectivity index (χ3n) is 6.89. The number of H-pyrrole nitrogens is 1. The molecule has 0 radical (unpaired) electrons. The number of aromatic nitrogens is 4. The number of nitrogens with one attached hydrogen (secondary N) is 2. The Balaban J connectivity index is 1.36. The first-order chi connectivity index (χ1) is 17.1. The topological polar surface area (TPSA) is 128 Å². The molecule has 0 amide bonds. The Morgan fingerprint density at radius 1 is 1.19 bits per heavy atom. The summed E-state index contributed by atoms with van der Waals surface area (Å²) in [4.78, 5) is 15.4. The molecule has 1 atom stereocenters. The number of fused-ring (bicyclic) bond motifs is 1.